The molecule has 0 bridgehead atoms. The second-order valence-electron chi connectivity index (χ2n) is 10.9. The Kier molecular flexibility index (Phi) is 5.40. The summed E-state index contributed by atoms with van der Waals surface area (Å²) in [5, 5.41) is 8.65. The summed E-state index contributed by atoms with van der Waals surface area (Å²) in [4.78, 5) is 22.9. The summed E-state index contributed by atoms with van der Waals surface area (Å²) in [6, 6.07) is 12.1. The van der Waals surface area contributed by atoms with E-state index in [2.05, 4.69) is 21.9 Å². The highest BCUT2D eigenvalue weighted by atomic mass is 35.5. The van der Waals surface area contributed by atoms with Crippen LogP contribution in [0.25, 0.3) is 22.5 Å². The van der Waals surface area contributed by atoms with Gasteiger partial charge in [0.2, 0.25) is 5.95 Å². The Balaban J connectivity index is 1.13. The van der Waals surface area contributed by atoms with E-state index >= 15 is 4.39 Å². The van der Waals surface area contributed by atoms with Gasteiger partial charge in [-0.05, 0) is 53.3 Å². The number of hydrogen-bond donors (Lipinski definition) is 0. The Morgan fingerprint density at radius 1 is 1.10 bits per heavy atom. The van der Waals surface area contributed by atoms with Crippen LogP contribution >= 0.6 is 23.2 Å². The van der Waals surface area contributed by atoms with Crippen LogP contribution in [0.1, 0.15) is 41.8 Å². The average molecular weight is 587 g/mol. The standard InChI is InChI=1S/C30H21Cl2FN6O2/c1-14-6-16-3-2-15(7-25(16)41-13-14)18-10-23(34-29(18)33)28-19-9-20(19)30-35-22(11-27(40)39(28)30)21-8-17(31)4-5-24(21)38-12-26(32)36-37-38/h2-5,7-8,11-12,19-20,28H,1,6,9-10,13H2. The second-order valence-corrected chi connectivity index (χ2v) is 11.7. The third-order valence-electron chi connectivity index (χ3n) is 8.26. The molecule has 4 aliphatic rings. The maximum Gasteiger partial charge on any atom is 0.254 e. The number of rotatable bonds is 4. The Hall–Kier alpha value is -4.08. The number of halogens is 3. The highest BCUT2D eigenvalue weighted by Gasteiger charge is 2.56. The summed E-state index contributed by atoms with van der Waals surface area (Å²) < 4.78 is 24.3. The molecule has 1 fully saturated rings. The first-order chi connectivity index (χ1) is 19.8. The molecule has 8 rings (SSSR count). The SMILES string of the molecule is C=C1COc2cc(C3=C(F)N=C(C4C5CC5c5nc(-c6cc(Cl)ccc6-n6cc(Cl)nn6)cc(=O)n54)C3)ccc2C1. The number of aliphatic imine (C=N–C) groups is 1. The molecule has 4 aromatic rings. The van der Waals surface area contributed by atoms with E-state index in [0.717, 1.165) is 35.3 Å². The fourth-order valence-electron chi connectivity index (χ4n) is 6.31. The van der Waals surface area contributed by atoms with E-state index < -0.39 is 5.95 Å². The molecule has 0 amide bonds. The average Bonchev–Trinajstić information content (AvgIpc) is 3.27. The molecule has 1 aliphatic carbocycles. The molecule has 8 nitrogen and oxygen atoms in total. The van der Waals surface area contributed by atoms with E-state index in [9.17, 15) is 4.79 Å². The number of benzene rings is 2. The largest absolute Gasteiger partial charge is 0.489 e. The highest BCUT2D eigenvalue weighted by molar-refractivity contribution is 6.31. The van der Waals surface area contributed by atoms with Gasteiger partial charge in [-0.1, -0.05) is 47.1 Å². The number of aromatic nitrogens is 5. The lowest BCUT2D eigenvalue weighted by Gasteiger charge is -2.20. The van der Waals surface area contributed by atoms with Crippen molar-refractivity contribution in [3.8, 4) is 22.7 Å². The first kappa shape index (κ1) is 24.7. The zero-order valence-corrected chi connectivity index (χ0v) is 23.0. The van der Waals surface area contributed by atoms with Crippen molar-refractivity contribution in [3.63, 3.8) is 0 Å². The third kappa shape index (κ3) is 3.98. The van der Waals surface area contributed by atoms with Crippen LogP contribution in [0.4, 0.5) is 4.39 Å². The first-order valence-corrected chi connectivity index (χ1v) is 14.0. The molecule has 0 radical (unpaired) electrons. The van der Waals surface area contributed by atoms with Gasteiger partial charge in [0, 0.05) is 46.7 Å². The molecule has 0 N–H and O–H groups in total. The number of nitrogens with zero attached hydrogens (tertiary/aromatic N) is 6. The second kappa shape index (κ2) is 8.96. The van der Waals surface area contributed by atoms with Crippen LogP contribution in [0.3, 0.4) is 0 Å². The number of allylic oxidation sites excluding steroid dienone is 1. The molecular formula is C30H21Cl2FN6O2. The van der Waals surface area contributed by atoms with Crippen LogP contribution in [0.2, 0.25) is 10.2 Å². The van der Waals surface area contributed by atoms with E-state index in [4.69, 9.17) is 32.9 Å². The molecule has 3 aliphatic heterocycles. The van der Waals surface area contributed by atoms with Gasteiger partial charge in [0.1, 0.15) is 18.2 Å². The molecule has 204 valence electrons. The molecule has 0 spiro atoms. The summed E-state index contributed by atoms with van der Waals surface area (Å²) in [6.07, 6.45) is 3.52. The van der Waals surface area contributed by atoms with Gasteiger partial charge in [-0.2, -0.15) is 4.39 Å². The lowest BCUT2D eigenvalue weighted by atomic mass is 9.95. The van der Waals surface area contributed by atoms with Crippen molar-refractivity contribution >= 4 is 34.5 Å². The normalized spacial score (nSPS) is 22.3. The molecule has 2 aromatic heterocycles. The summed E-state index contributed by atoms with van der Waals surface area (Å²) in [5.41, 5.74) is 5.48. The van der Waals surface area contributed by atoms with Gasteiger partial charge in [0.15, 0.2) is 5.15 Å². The topological polar surface area (TPSA) is 87.2 Å². The minimum absolute atomic E-state index is 0.108. The number of fused-ring (bicyclic) bond motifs is 4. The lowest BCUT2D eigenvalue weighted by molar-refractivity contribution is 0.332. The minimum atomic E-state index is -0.515. The van der Waals surface area contributed by atoms with Crippen LogP contribution in [0.15, 0.2) is 76.6 Å². The fourth-order valence-corrected chi connectivity index (χ4v) is 6.61. The van der Waals surface area contributed by atoms with E-state index in [0.29, 0.717) is 52.1 Å². The Bertz CT molecular complexity index is 1940. The van der Waals surface area contributed by atoms with E-state index in [1.54, 1.807) is 29.0 Å². The van der Waals surface area contributed by atoms with Crippen molar-refractivity contribution < 1.29 is 9.13 Å². The first-order valence-electron chi connectivity index (χ1n) is 13.2. The highest BCUT2D eigenvalue weighted by Crippen LogP contribution is 2.60. The predicted octanol–water partition coefficient (Wildman–Crippen LogP) is 6.13. The van der Waals surface area contributed by atoms with Gasteiger partial charge < -0.3 is 4.74 Å². The van der Waals surface area contributed by atoms with Crippen LogP contribution in [-0.2, 0) is 6.42 Å². The van der Waals surface area contributed by atoms with Crippen LogP contribution in [0, 0.1) is 5.92 Å². The van der Waals surface area contributed by atoms with Gasteiger partial charge in [-0.3, -0.25) is 9.36 Å². The van der Waals surface area contributed by atoms with Gasteiger partial charge in [0.05, 0.1) is 23.6 Å². The van der Waals surface area contributed by atoms with Crippen molar-refractivity contribution in [2.75, 3.05) is 6.61 Å². The van der Waals surface area contributed by atoms with Gasteiger partial charge in [0.25, 0.3) is 5.56 Å². The molecule has 3 unspecified atom stereocenters. The van der Waals surface area contributed by atoms with E-state index in [1.807, 2.05) is 18.2 Å². The van der Waals surface area contributed by atoms with Crippen molar-refractivity contribution in [1.29, 1.82) is 0 Å². The fraction of sp³-hybridized carbons (Fsp3) is 0.233. The lowest BCUT2D eigenvalue weighted by Crippen LogP contribution is -2.30. The van der Waals surface area contributed by atoms with E-state index in [-0.39, 0.29) is 28.6 Å². The van der Waals surface area contributed by atoms with Crippen LogP contribution < -0.4 is 10.3 Å². The van der Waals surface area contributed by atoms with Crippen LogP contribution in [0.5, 0.6) is 5.75 Å². The maximum absolute atomic E-state index is 15.3. The molecule has 2 aromatic carbocycles. The smallest absolute Gasteiger partial charge is 0.254 e. The molecule has 5 heterocycles. The van der Waals surface area contributed by atoms with Crippen molar-refractivity contribution in [2.24, 2.45) is 10.9 Å². The zero-order chi connectivity index (χ0) is 28.0. The van der Waals surface area contributed by atoms with Crippen LogP contribution in [-0.4, -0.2) is 36.9 Å². The molecule has 0 saturated heterocycles. The molecule has 11 heteroatoms. The molecule has 1 saturated carbocycles. The predicted molar refractivity (Wildman–Crippen MR) is 154 cm³/mol. The third-order valence-corrected chi connectivity index (χ3v) is 8.67. The van der Waals surface area contributed by atoms with Crippen molar-refractivity contribution in [3.05, 3.63) is 104 Å². The quantitative estimate of drug-likeness (QED) is 0.212. The Labute approximate surface area is 243 Å². The van der Waals surface area contributed by atoms with Gasteiger partial charge in [-0.15, -0.1) is 5.10 Å². The zero-order valence-electron chi connectivity index (χ0n) is 21.5. The summed E-state index contributed by atoms with van der Waals surface area (Å²) >= 11 is 12.3. The Morgan fingerprint density at radius 2 is 1.98 bits per heavy atom. The molecular weight excluding hydrogens is 566 g/mol. The van der Waals surface area contributed by atoms with Gasteiger partial charge in [-0.25, -0.2) is 14.7 Å². The monoisotopic (exact) mass is 586 g/mol. The van der Waals surface area contributed by atoms with Crippen molar-refractivity contribution in [1.82, 2.24) is 24.5 Å². The van der Waals surface area contributed by atoms with Crippen molar-refractivity contribution in [2.45, 2.75) is 31.2 Å². The summed E-state index contributed by atoms with van der Waals surface area (Å²) in [7, 11) is 0. The summed E-state index contributed by atoms with van der Waals surface area (Å²) in [6.45, 7) is 4.46. The minimum Gasteiger partial charge on any atom is -0.489 e. The Morgan fingerprint density at radius 3 is 2.80 bits per heavy atom. The maximum atomic E-state index is 15.3. The number of ether oxygens (including phenoxy) is 1. The van der Waals surface area contributed by atoms with E-state index in [1.165, 1.54) is 10.7 Å². The molecule has 41 heavy (non-hydrogen) atoms. The van der Waals surface area contributed by atoms with Gasteiger partial charge >= 0.3 is 0 Å². The summed E-state index contributed by atoms with van der Waals surface area (Å²) in [5.74, 6) is 1.18. The molecule has 3 atom stereocenters. The number of hydrogen-bond acceptors (Lipinski definition) is 6.